The third-order valence-corrected chi connectivity index (χ3v) is 4.14. The van der Waals surface area contributed by atoms with Crippen LogP contribution < -0.4 is 4.72 Å². The molecule has 8 heteroatoms. The molecular weight excluding hydrogens is 268 g/mol. The summed E-state index contributed by atoms with van der Waals surface area (Å²) in [6.07, 6.45) is 4.16. The molecule has 1 atom stereocenters. The summed E-state index contributed by atoms with van der Waals surface area (Å²) in [7, 11) is 0.172. The maximum Gasteiger partial charge on any atom is 0.243 e. The minimum Gasteiger partial charge on any atom is -0.468 e. The summed E-state index contributed by atoms with van der Waals surface area (Å²) in [4.78, 5) is 2.00. The fraction of sp³-hybridized carbons (Fsp3) is 0.364. The Bertz CT molecular complexity index is 590. The van der Waals surface area contributed by atoms with Crippen molar-refractivity contribution in [3.05, 3.63) is 36.5 Å². The van der Waals surface area contributed by atoms with Crippen LogP contribution in [0.25, 0.3) is 0 Å². The maximum absolute atomic E-state index is 12.0. The van der Waals surface area contributed by atoms with Crippen molar-refractivity contribution in [2.24, 2.45) is 0 Å². The van der Waals surface area contributed by atoms with Crippen LogP contribution in [0, 0.1) is 0 Å². The highest BCUT2D eigenvalue weighted by Gasteiger charge is 2.21. The van der Waals surface area contributed by atoms with Crippen molar-refractivity contribution >= 4 is 10.0 Å². The molecule has 0 aliphatic heterocycles. The van der Waals surface area contributed by atoms with Gasteiger partial charge in [-0.05, 0) is 26.2 Å². The summed E-state index contributed by atoms with van der Waals surface area (Å²) in [6, 6.07) is 3.42. The predicted octanol–water partition coefficient (Wildman–Crippen LogP) is 0.584. The number of aromatic amines is 1. The Labute approximate surface area is 111 Å². The second kappa shape index (κ2) is 5.55. The lowest BCUT2D eigenvalue weighted by atomic mass is 10.2. The molecule has 0 radical (unpaired) electrons. The van der Waals surface area contributed by atoms with Crippen molar-refractivity contribution in [3.8, 4) is 0 Å². The van der Waals surface area contributed by atoms with Gasteiger partial charge in [-0.3, -0.25) is 10.00 Å². The fourth-order valence-corrected chi connectivity index (χ4v) is 2.62. The molecule has 2 heterocycles. The molecule has 2 aromatic rings. The molecule has 2 N–H and O–H groups in total. The Morgan fingerprint density at radius 3 is 2.84 bits per heavy atom. The Balaban J connectivity index is 2.08. The van der Waals surface area contributed by atoms with Crippen LogP contribution in [0.5, 0.6) is 0 Å². The molecule has 0 saturated heterocycles. The molecule has 7 nitrogen and oxygen atoms in total. The van der Waals surface area contributed by atoms with E-state index in [1.165, 1.54) is 12.4 Å². The average Bonchev–Trinajstić information content (AvgIpc) is 3.02. The zero-order valence-corrected chi connectivity index (χ0v) is 11.5. The first kappa shape index (κ1) is 13.8. The van der Waals surface area contributed by atoms with Crippen LogP contribution in [-0.2, 0) is 10.0 Å². The van der Waals surface area contributed by atoms with Crippen LogP contribution in [0.4, 0.5) is 0 Å². The Kier molecular flexibility index (Phi) is 4.03. The van der Waals surface area contributed by atoms with Gasteiger partial charge in [0.15, 0.2) is 0 Å². The molecule has 0 aliphatic carbocycles. The van der Waals surface area contributed by atoms with Crippen molar-refractivity contribution in [1.82, 2.24) is 19.8 Å². The number of H-pyrrole nitrogens is 1. The Morgan fingerprint density at radius 1 is 1.53 bits per heavy atom. The molecule has 0 aromatic carbocycles. The highest BCUT2D eigenvalue weighted by molar-refractivity contribution is 7.89. The highest BCUT2D eigenvalue weighted by atomic mass is 32.2. The fourth-order valence-electron chi connectivity index (χ4n) is 1.68. The van der Waals surface area contributed by atoms with Gasteiger partial charge in [0.25, 0.3) is 0 Å². The standard InChI is InChI=1S/C11H16N4O3S/c1-15(2)10(11-4-3-5-18-11)8-14-19(16,17)9-6-12-13-7-9/h3-7,10,14H,8H2,1-2H3,(H,12,13). The number of nitrogens with zero attached hydrogens (tertiary/aromatic N) is 2. The molecule has 0 bridgehead atoms. The van der Waals surface area contributed by atoms with Gasteiger partial charge in [-0.1, -0.05) is 0 Å². The number of nitrogens with one attached hydrogen (secondary N) is 2. The SMILES string of the molecule is CN(C)C(CNS(=O)(=O)c1cn[nH]c1)c1ccco1. The minimum absolute atomic E-state index is 0.115. The highest BCUT2D eigenvalue weighted by Crippen LogP contribution is 2.18. The minimum atomic E-state index is -3.55. The van der Waals surface area contributed by atoms with E-state index in [0.29, 0.717) is 5.76 Å². The molecule has 0 amide bonds. The van der Waals surface area contributed by atoms with E-state index in [1.807, 2.05) is 25.1 Å². The number of hydrogen-bond donors (Lipinski definition) is 2. The van der Waals surface area contributed by atoms with Gasteiger partial charge in [0, 0.05) is 12.7 Å². The first-order valence-corrected chi connectivity index (χ1v) is 7.17. The molecule has 1 unspecified atom stereocenters. The van der Waals surface area contributed by atoms with Crippen LogP contribution in [-0.4, -0.2) is 44.2 Å². The zero-order chi connectivity index (χ0) is 13.9. The van der Waals surface area contributed by atoms with E-state index >= 15 is 0 Å². The lowest BCUT2D eigenvalue weighted by molar-refractivity contribution is 0.259. The van der Waals surface area contributed by atoms with Gasteiger partial charge in [-0.25, -0.2) is 13.1 Å². The lowest BCUT2D eigenvalue weighted by Gasteiger charge is -2.22. The normalized spacial score (nSPS) is 13.8. The van der Waals surface area contributed by atoms with Crippen molar-refractivity contribution in [2.75, 3.05) is 20.6 Å². The number of furan rings is 1. The molecular formula is C11H16N4O3S. The van der Waals surface area contributed by atoms with E-state index < -0.39 is 10.0 Å². The van der Waals surface area contributed by atoms with Crippen molar-refractivity contribution in [2.45, 2.75) is 10.9 Å². The van der Waals surface area contributed by atoms with Crippen LogP contribution in [0.1, 0.15) is 11.8 Å². The number of sulfonamides is 1. The van der Waals surface area contributed by atoms with Gasteiger partial charge in [-0.2, -0.15) is 5.10 Å². The number of likely N-dealkylation sites (N-methyl/N-ethyl adjacent to an activating group) is 1. The Morgan fingerprint density at radius 2 is 2.32 bits per heavy atom. The van der Waals surface area contributed by atoms with Gasteiger partial charge in [0.2, 0.25) is 10.0 Å². The van der Waals surface area contributed by atoms with Crippen LogP contribution >= 0.6 is 0 Å². The number of rotatable bonds is 6. The summed E-state index contributed by atoms with van der Waals surface area (Å²) in [5.74, 6) is 0.708. The summed E-state index contributed by atoms with van der Waals surface area (Å²) in [5, 5.41) is 6.10. The van der Waals surface area contributed by atoms with Crippen LogP contribution in [0.15, 0.2) is 40.1 Å². The third-order valence-electron chi connectivity index (χ3n) is 2.75. The average molecular weight is 284 g/mol. The quantitative estimate of drug-likeness (QED) is 0.810. The zero-order valence-electron chi connectivity index (χ0n) is 10.7. The Hall–Kier alpha value is -1.64. The third kappa shape index (κ3) is 3.22. The van der Waals surface area contributed by atoms with E-state index in [0.717, 1.165) is 0 Å². The van der Waals surface area contributed by atoms with Crippen molar-refractivity contribution in [3.63, 3.8) is 0 Å². The molecule has 104 valence electrons. The maximum atomic E-state index is 12.0. The summed E-state index contributed by atoms with van der Waals surface area (Å²) < 4.78 is 31.8. The van der Waals surface area contributed by atoms with E-state index in [1.54, 1.807) is 12.3 Å². The van der Waals surface area contributed by atoms with Crippen molar-refractivity contribution in [1.29, 1.82) is 0 Å². The molecule has 2 aromatic heterocycles. The van der Waals surface area contributed by atoms with E-state index in [9.17, 15) is 8.42 Å². The first-order valence-electron chi connectivity index (χ1n) is 5.69. The van der Waals surface area contributed by atoms with Crippen molar-refractivity contribution < 1.29 is 12.8 Å². The molecule has 0 saturated carbocycles. The number of hydrogen-bond acceptors (Lipinski definition) is 5. The van der Waals surface area contributed by atoms with Gasteiger partial charge in [-0.15, -0.1) is 0 Å². The van der Waals surface area contributed by atoms with Gasteiger partial charge in [0.1, 0.15) is 10.7 Å². The topological polar surface area (TPSA) is 91.2 Å². The van der Waals surface area contributed by atoms with Gasteiger partial charge >= 0.3 is 0 Å². The molecule has 0 fully saturated rings. The van der Waals surface area contributed by atoms with E-state index in [-0.39, 0.29) is 17.5 Å². The molecule has 19 heavy (non-hydrogen) atoms. The largest absolute Gasteiger partial charge is 0.468 e. The molecule has 0 aliphatic rings. The summed E-state index contributed by atoms with van der Waals surface area (Å²) in [6.45, 7) is 0.216. The van der Waals surface area contributed by atoms with Crippen LogP contribution in [0.3, 0.4) is 0 Å². The van der Waals surface area contributed by atoms with E-state index in [2.05, 4.69) is 14.9 Å². The second-order valence-corrected chi connectivity index (χ2v) is 6.05. The van der Waals surface area contributed by atoms with Crippen LogP contribution in [0.2, 0.25) is 0 Å². The molecule has 2 rings (SSSR count). The molecule has 0 spiro atoms. The lowest BCUT2D eigenvalue weighted by Crippen LogP contribution is -2.34. The first-order chi connectivity index (χ1) is 9.00. The predicted molar refractivity (Wildman–Crippen MR) is 68.9 cm³/mol. The monoisotopic (exact) mass is 284 g/mol. The smallest absolute Gasteiger partial charge is 0.243 e. The summed E-state index contributed by atoms with van der Waals surface area (Å²) >= 11 is 0. The van der Waals surface area contributed by atoms with Gasteiger partial charge in [0.05, 0.1) is 18.5 Å². The van der Waals surface area contributed by atoms with Gasteiger partial charge < -0.3 is 4.42 Å². The van der Waals surface area contributed by atoms with E-state index in [4.69, 9.17) is 4.42 Å². The summed E-state index contributed by atoms with van der Waals surface area (Å²) in [5.41, 5.74) is 0. The number of aromatic nitrogens is 2. The second-order valence-electron chi connectivity index (χ2n) is 4.28.